The summed E-state index contributed by atoms with van der Waals surface area (Å²) in [7, 11) is 1.80. The van der Waals surface area contributed by atoms with Gasteiger partial charge in [-0.15, -0.1) is 11.3 Å². The van der Waals surface area contributed by atoms with Gasteiger partial charge in [-0.1, -0.05) is 6.07 Å². The highest BCUT2D eigenvalue weighted by molar-refractivity contribution is 7.12. The Kier molecular flexibility index (Phi) is 5.76. The summed E-state index contributed by atoms with van der Waals surface area (Å²) < 4.78 is 0. The molecule has 1 aliphatic carbocycles. The normalized spacial score (nSPS) is 20.7. The van der Waals surface area contributed by atoms with E-state index < -0.39 is 0 Å². The molecule has 1 heterocycles. The number of nitrogens with one attached hydrogen (secondary N) is 1. The molecule has 0 atom stereocenters. The molecule has 6 heteroatoms. The molecule has 0 radical (unpaired) electrons. The zero-order valence-corrected chi connectivity index (χ0v) is 13.1. The number of rotatable bonds is 7. The molecule has 5 nitrogen and oxygen atoms in total. The van der Waals surface area contributed by atoms with Crippen molar-refractivity contribution in [2.75, 3.05) is 20.1 Å². The first-order valence-corrected chi connectivity index (χ1v) is 8.18. The first-order chi connectivity index (χ1) is 10.1. The van der Waals surface area contributed by atoms with E-state index in [1.54, 1.807) is 18.0 Å². The van der Waals surface area contributed by atoms with Gasteiger partial charge in [-0.25, -0.2) is 0 Å². The number of amides is 2. The first-order valence-electron chi connectivity index (χ1n) is 7.30. The van der Waals surface area contributed by atoms with Gasteiger partial charge in [0.2, 0.25) is 5.91 Å². The summed E-state index contributed by atoms with van der Waals surface area (Å²) in [6.07, 6.45) is 2.51. The van der Waals surface area contributed by atoms with Crippen molar-refractivity contribution < 1.29 is 14.7 Å². The fraction of sp³-hybridized carbons (Fsp3) is 0.600. The molecule has 1 saturated carbocycles. The number of carbonyl (C=O) groups is 2. The van der Waals surface area contributed by atoms with Gasteiger partial charge in [-0.2, -0.15) is 0 Å². The summed E-state index contributed by atoms with van der Waals surface area (Å²) in [6.45, 7) is 1.23. The number of carbonyl (C=O) groups excluding carboxylic acids is 2. The van der Waals surface area contributed by atoms with Crippen LogP contribution >= 0.6 is 11.3 Å². The quantitative estimate of drug-likeness (QED) is 0.750. The van der Waals surface area contributed by atoms with Gasteiger partial charge in [0, 0.05) is 26.6 Å². The molecule has 0 aromatic carbocycles. The van der Waals surface area contributed by atoms with Gasteiger partial charge in [0.05, 0.1) is 11.0 Å². The van der Waals surface area contributed by atoms with Crippen LogP contribution in [0.25, 0.3) is 0 Å². The van der Waals surface area contributed by atoms with Crippen molar-refractivity contribution in [3.63, 3.8) is 0 Å². The smallest absolute Gasteiger partial charge is 0.261 e. The van der Waals surface area contributed by atoms with Crippen LogP contribution in [-0.4, -0.2) is 48.1 Å². The molecule has 2 rings (SSSR count). The first kappa shape index (κ1) is 16.0. The Morgan fingerprint density at radius 1 is 1.48 bits per heavy atom. The van der Waals surface area contributed by atoms with Gasteiger partial charge in [-0.3, -0.25) is 9.59 Å². The van der Waals surface area contributed by atoms with Crippen LogP contribution in [0, 0.1) is 5.92 Å². The molecule has 1 fully saturated rings. The van der Waals surface area contributed by atoms with Crippen molar-refractivity contribution in [1.82, 2.24) is 10.2 Å². The minimum Gasteiger partial charge on any atom is -0.393 e. The average molecular weight is 310 g/mol. The van der Waals surface area contributed by atoms with E-state index in [1.165, 1.54) is 11.3 Å². The van der Waals surface area contributed by atoms with Crippen LogP contribution < -0.4 is 5.32 Å². The van der Waals surface area contributed by atoms with E-state index in [0.717, 1.165) is 19.4 Å². The third-order valence-corrected chi connectivity index (χ3v) is 4.64. The zero-order chi connectivity index (χ0) is 15.2. The Morgan fingerprint density at radius 2 is 2.24 bits per heavy atom. The van der Waals surface area contributed by atoms with Crippen LogP contribution in [0.1, 0.15) is 35.4 Å². The SMILES string of the molecule is CN(CC1CC(O)C1)C(=O)CCCNC(=O)c1cccs1. The van der Waals surface area contributed by atoms with Crippen molar-refractivity contribution >= 4 is 23.2 Å². The van der Waals surface area contributed by atoms with Crippen LogP contribution in [0.3, 0.4) is 0 Å². The average Bonchev–Trinajstić information content (AvgIpc) is 2.95. The van der Waals surface area contributed by atoms with Gasteiger partial charge in [0.15, 0.2) is 0 Å². The Morgan fingerprint density at radius 3 is 2.86 bits per heavy atom. The molecular weight excluding hydrogens is 288 g/mol. The van der Waals surface area contributed by atoms with E-state index in [4.69, 9.17) is 0 Å². The second-order valence-corrected chi connectivity index (χ2v) is 6.55. The molecule has 116 valence electrons. The Hall–Kier alpha value is -1.40. The van der Waals surface area contributed by atoms with Crippen LogP contribution in [0.2, 0.25) is 0 Å². The maximum Gasteiger partial charge on any atom is 0.261 e. The lowest BCUT2D eigenvalue weighted by Gasteiger charge is -2.34. The van der Waals surface area contributed by atoms with E-state index in [1.807, 2.05) is 11.4 Å². The molecule has 21 heavy (non-hydrogen) atoms. The van der Waals surface area contributed by atoms with Crippen LogP contribution in [0.4, 0.5) is 0 Å². The number of aliphatic hydroxyl groups is 1. The molecule has 0 saturated heterocycles. The van der Waals surface area contributed by atoms with Crippen LogP contribution in [-0.2, 0) is 4.79 Å². The number of thiophene rings is 1. The Balaban J connectivity index is 1.57. The van der Waals surface area contributed by atoms with E-state index in [9.17, 15) is 14.7 Å². The van der Waals surface area contributed by atoms with E-state index in [0.29, 0.717) is 30.2 Å². The largest absolute Gasteiger partial charge is 0.393 e. The van der Waals surface area contributed by atoms with Crippen LogP contribution in [0.15, 0.2) is 17.5 Å². The number of hydrogen-bond acceptors (Lipinski definition) is 4. The summed E-state index contributed by atoms with van der Waals surface area (Å²) in [6, 6.07) is 3.63. The summed E-state index contributed by atoms with van der Waals surface area (Å²) in [5.41, 5.74) is 0. The Bertz CT molecular complexity index is 469. The predicted molar refractivity (Wildman–Crippen MR) is 82.3 cm³/mol. The monoisotopic (exact) mass is 310 g/mol. The minimum atomic E-state index is -0.175. The summed E-state index contributed by atoms with van der Waals surface area (Å²) in [4.78, 5) is 26.0. The van der Waals surface area contributed by atoms with E-state index in [2.05, 4.69) is 5.32 Å². The topological polar surface area (TPSA) is 69.6 Å². The lowest BCUT2D eigenvalue weighted by Crippen LogP contribution is -2.39. The number of hydrogen-bond donors (Lipinski definition) is 2. The minimum absolute atomic E-state index is 0.0748. The predicted octanol–water partition coefficient (Wildman–Crippen LogP) is 1.49. The lowest BCUT2D eigenvalue weighted by molar-refractivity contribution is -0.131. The molecule has 0 spiro atoms. The third-order valence-electron chi connectivity index (χ3n) is 3.77. The van der Waals surface area contributed by atoms with E-state index in [-0.39, 0.29) is 17.9 Å². The third kappa shape index (κ3) is 4.82. The summed E-state index contributed by atoms with van der Waals surface area (Å²) in [5.74, 6) is 0.462. The van der Waals surface area contributed by atoms with Gasteiger partial charge in [0.1, 0.15) is 0 Å². The highest BCUT2D eigenvalue weighted by atomic mass is 32.1. The van der Waals surface area contributed by atoms with Crippen molar-refractivity contribution in [3.05, 3.63) is 22.4 Å². The van der Waals surface area contributed by atoms with Crippen molar-refractivity contribution in [2.24, 2.45) is 5.92 Å². The second kappa shape index (κ2) is 7.56. The van der Waals surface area contributed by atoms with Gasteiger partial charge in [-0.05, 0) is 36.6 Å². The maximum atomic E-state index is 11.9. The van der Waals surface area contributed by atoms with Crippen molar-refractivity contribution in [3.8, 4) is 0 Å². The number of nitrogens with zero attached hydrogens (tertiary/aromatic N) is 1. The fourth-order valence-corrected chi connectivity index (χ4v) is 3.11. The molecule has 0 bridgehead atoms. The summed E-state index contributed by atoms with van der Waals surface area (Å²) >= 11 is 1.41. The highest BCUT2D eigenvalue weighted by Crippen LogP contribution is 2.27. The van der Waals surface area contributed by atoms with Gasteiger partial charge < -0.3 is 15.3 Å². The molecular formula is C15H22N2O3S. The number of aliphatic hydroxyl groups excluding tert-OH is 1. The lowest BCUT2D eigenvalue weighted by atomic mass is 9.82. The molecule has 2 N–H and O–H groups in total. The van der Waals surface area contributed by atoms with Crippen LogP contribution in [0.5, 0.6) is 0 Å². The molecule has 0 unspecified atom stereocenters. The fourth-order valence-electron chi connectivity index (χ4n) is 2.47. The highest BCUT2D eigenvalue weighted by Gasteiger charge is 2.28. The maximum absolute atomic E-state index is 11.9. The molecule has 1 aromatic rings. The molecule has 0 aliphatic heterocycles. The standard InChI is InChI=1S/C15H22N2O3S/c1-17(10-11-8-12(18)9-11)14(19)5-2-6-16-15(20)13-4-3-7-21-13/h3-4,7,11-12,18H,2,5-6,8-10H2,1H3,(H,16,20). The van der Waals surface area contributed by atoms with Gasteiger partial charge in [0.25, 0.3) is 5.91 Å². The molecule has 1 aliphatic rings. The van der Waals surface area contributed by atoms with Gasteiger partial charge >= 0.3 is 0 Å². The summed E-state index contributed by atoms with van der Waals surface area (Å²) in [5, 5.41) is 13.9. The Labute approximate surface area is 129 Å². The van der Waals surface area contributed by atoms with Crippen molar-refractivity contribution in [2.45, 2.75) is 31.8 Å². The zero-order valence-electron chi connectivity index (χ0n) is 12.2. The molecule has 2 amide bonds. The van der Waals surface area contributed by atoms with Crippen molar-refractivity contribution in [1.29, 1.82) is 0 Å². The second-order valence-electron chi connectivity index (χ2n) is 5.60. The molecule has 1 aromatic heterocycles. The van der Waals surface area contributed by atoms with E-state index >= 15 is 0 Å².